The Morgan fingerprint density at radius 3 is 2.60 bits per heavy atom. The maximum Gasteiger partial charge on any atom is 0.387 e. The van der Waals surface area contributed by atoms with Gasteiger partial charge < -0.3 is 10.5 Å². The minimum Gasteiger partial charge on any atom is -0.435 e. The standard InChI is InChI=1S/C11H15F2NO/c1-8(7-14)6-9-4-2-3-5-10(9)15-11(12)13/h2-5,8,11H,6-7,14H2,1H3. The summed E-state index contributed by atoms with van der Waals surface area (Å²) >= 11 is 0. The Balaban J connectivity index is 2.76. The highest BCUT2D eigenvalue weighted by molar-refractivity contribution is 5.33. The fourth-order valence-electron chi connectivity index (χ4n) is 1.34. The molecule has 0 amide bonds. The van der Waals surface area contributed by atoms with E-state index in [1.165, 1.54) is 0 Å². The van der Waals surface area contributed by atoms with E-state index < -0.39 is 6.61 Å². The Labute approximate surface area is 88.0 Å². The number of ether oxygens (including phenoxy) is 1. The highest BCUT2D eigenvalue weighted by atomic mass is 19.3. The lowest BCUT2D eigenvalue weighted by Crippen LogP contribution is -2.14. The quantitative estimate of drug-likeness (QED) is 0.818. The van der Waals surface area contributed by atoms with Gasteiger partial charge in [0, 0.05) is 0 Å². The van der Waals surface area contributed by atoms with Crippen LogP contribution in [0, 0.1) is 5.92 Å². The third-order valence-electron chi connectivity index (χ3n) is 2.16. The second-order valence-electron chi connectivity index (χ2n) is 3.53. The molecule has 1 aromatic rings. The zero-order valence-electron chi connectivity index (χ0n) is 8.62. The van der Waals surface area contributed by atoms with Gasteiger partial charge in [-0.3, -0.25) is 0 Å². The molecule has 0 radical (unpaired) electrons. The Hall–Kier alpha value is -1.16. The summed E-state index contributed by atoms with van der Waals surface area (Å²) in [5.74, 6) is 0.500. The van der Waals surface area contributed by atoms with Crippen molar-refractivity contribution >= 4 is 0 Å². The van der Waals surface area contributed by atoms with Crippen molar-refractivity contribution in [2.24, 2.45) is 11.7 Å². The van der Waals surface area contributed by atoms with Crippen molar-refractivity contribution in [2.75, 3.05) is 6.54 Å². The van der Waals surface area contributed by atoms with Gasteiger partial charge in [0.2, 0.25) is 0 Å². The molecule has 0 aromatic heterocycles. The SMILES string of the molecule is CC(CN)Cc1ccccc1OC(F)F. The van der Waals surface area contributed by atoms with Crippen LogP contribution in [0.3, 0.4) is 0 Å². The van der Waals surface area contributed by atoms with Gasteiger partial charge in [-0.1, -0.05) is 25.1 Å². The maximum atomic E-state index is 12.1. The third-order valence-corrected chi connectivity index (χ3v) is 2.16. The first kappa shape index (κ1) is 11.9. The van der Waals surface area contributed by atoms with E-state index in [1.54, 1.807) is 24.3 Å². The molecule has 15 heavy (non-hydrogen) atoms. The van der Waals surface area contributed by atoms with Gasteiger partial charge in [-0.05, 0) is 30.5 Å². The molecule has 0 bridgehead atoms. The molecular weight excluding hydrogens is 200 g/mol. The Morgan fingerprint density at radius 2 is 2.00 bits per heavy atom. The van der Waals surface area contributed by atoms with E-state index in [-0.39, 0.29) is 11.7 Å². The normalized spacial score (nSPS) is 12.9. The van der Waals surface area contributed by atoms with Crippen molar-refractivity contribution in [3.8, 4) is 5.75 Å². The summed E-state index contributed by atoms with van der Waals surface area (Å²) in [6.45, 7) is -0.276. The molecule has 0 aliphatic carbocycles. The predicted octanol–water partition coefficient (Wildman–Crippen LogP) is 2.43. The lowest BCUT2D eigenvalue weighted by atomic mass is 10.0. The van der Waals surface area contributed by atoms with Crippen LogP contribution in [0.5, 0.6) is 5.75 Å². The van der Waals surface area contributed by atoms with Crippen LogP contribution in [0.25, 0.3) is 0 Å². The van der Waals surface area contributed by atoms with E-state index >= 15 is 0 Å². The summed E-state index contributed by atoms with van der Waals surface area (Å²) < 4.78 is 28.6. The van der Waals surface area contributed by atoms with Gasteiger partial charge >= 0.3 is 6.61 Å². The first-order valence-electron chi connectivity index (χ1n) is 4.86. The molecule has 2 nitrogen and oxygen atoms in total. The summed E-state index contributed by atoms with van der Waals surface area (Å²) in [4.78, 5) is 0. The number of rotatable bonds is 5. The summed E-state index contributed by atoms with van der Waals surface area (Å²) in [6, 6.07) is 6.81. The van der Waals surface area contributed by atoms with E-state index in [2.05, 4.69) is 4.74 Å². The molecule has 4 heteroatoms. The van der Waals surface area contributed by atoms with E-state index in [0.717, 1.165) is 5.56 Å². The Morgan fingerprint density at radius 1 is 1.33 bits per heavy atom. The average molecular weight is 215 g/mol. The monoisotopic (exact) mass is 215 g/mol. The molecule has 0 fully saturated rings. The predicted molar refractivity (Wildman–Crippen MR) is 55.0 cm³/mol. The molecule has 1 unspecified atom stereocenters. The van der Waals surface area contributed by atoms with Crippen LogP contribution < -0.4 is 10.5 Å². The van der Waals surface area contributed by atoms with Crippen LogP contribution >= 0.6 is 0 Å². The largest absolute Gasteiger partial charge is 0.435 e. The molecule has 1 rings (SSSR count). The number of alkyl halides is 2. The average Bonchev–Trinajstić information content (AvgIpc) is 2.20. The van der Waals surface area contributed by atoms with Gasteiger partial charge in [-0.25, -0.2) is 0 Å². The van der Waals surface area contributed by atoms with E-state index in [4.69, 9.17) is 5.73 Å². The van der Waals surface area contributed by atoms with Crippen LogP contribution in [0.1, 0.15) is 12.5 Å². The molecule has 0 saturated carbocycles. The molecule has 2 N–H and O–H groups in total. The number of para-hydroxylation sites is 1. The zero-order chi connectivity index (χ0) is 11.3. The molecular formula is C11H15F2NO. The fraction of sp³-hybridized carbons (Fsp3) is 0.455. The zero-order valence-corrected chi connectivity index (χ0v) is 8.62. The van der Waals surface area contributed by atoms with Gasteiger partial charge in [0.1, 0.15) is 5.75 Å². The molecule has 0 heterocycles. The van der Waals surface area contributed by atoms with Crippen molar-refractivity contribution < 1.29 is 13.5 Å². The van der Waals surface area contributed by atoms with Crippen LogP contribution in [-0.2, 0) is 6.42 Å². The molecule has 1 atom stereocenters. The minimum absolute atomic E-state index is 0.243. The minimum atomic E-state index is -2.78. The topological polar surface area (TPSA) is 35.2 Å². The van der Waals surface area contributed by atoms with E-state index in [9.17, 15) is 8.78 Å². The third kappa shape index (κ3) is 3.83. The summed E-state index contributed by atoms with van der Waals surface area (Å²) in [7, 11) is 0. The lowest BCUT2D eigenvalue weighted by Gasteiger charge is -2.13. The number of benzene rings is 1. The molecule has 0 aliphatic heterocycles. The molecule has 1 aromatic carbocycles. The second-order valence-corrected chi connectivity index (χ2v) is 3.53. The summed E-state index contributed by atoms with van der Waals surface area (Å²) in [5, 5.41) is 0. The maximum absolute atomic E-state index is 12.1. The van der Waals surface area contributed by atoms with Crippen molar-refractivity contribution in [1.82, 2.24) is 0 Å². The smallest absolute Gasteiger partial charge is 0.387 e. The highest BCUT2D eigenvalue weighted by Gasteiger charge is 2.10. The van der Waals surface area contributed by atoms with Gasteiger partial charge in [0.25, 0.3) is 0 Å². The van der Waals surface area contributed by atoms with E-state index in [0.29, 0.717) is 13.0 Å². The van der Waals surface area contributed by atoms with Crippen molar-refractivity contribution in [3.63, 3.8) is 0 Å². The van der Waals surface area contributed by atoms with Crippen molar-refractivity contribution in [3.05, 3.63) is 29.8 Å². The van der Waals surface area contributed by atoms with Gasteiger partial charge in [0.05, 0.1) is 0 Å². The van der Waals surface area contributed by atoms with Crippen molar-refractivity contribution in [1.29, 1.82) is 0 Å². The molecule has 0 spiro atoms. The Kier molecular flexibility index (Phi) is 4.49. The van der Waals surface area contributed by atoms with Gasteiger partial charge in [-0.2, -0.15) is 8.78 Å². The van der Waals surface area contributed by atoms with Crippen molar-refractivity contribution in [2.45, 2.75) is 20.0 Å². The fourth-order valence-corrected chi connectivity index (χ4v) is 1.34. The molecule has 0 saturated heterocycles. The van der Waals surface area contributed by atoms with Crippen LogP contribution in [0.2, 0.25) is 0 Å². The number of hydrogen-bond acceptors (Lipinski definition) is 2. The second kappa shape index (κ2) is 5.66. The lowest BCUT2D eigenvalue weighted by molar-refractivity contribution is -0.0505. The van der Waals surface area contributed by atoms with Gasteiger partial charge in [0.15, 0.2) is 0 Å². The number of nitrogens with two attached hydrogens (primary N) is 1. The molecule has 0 aliphatic rings. The first-order valence-corrected chi connectivity index (χ1v) is 4.86. The number of hydrogen-bond donors (Lipinski definition) is 1. The summed E-state index contributed by atoms with van der Waals surface area (Å²) in [5.41, 5.74) is 6.26. The first-order chi connectivity index (χ1) is 7.13. The summed E-state index contributed by atoms with van der Waals surface area (Å²) in [6.07, 6.45) is 0.652. The number of halogens is 2. The Bertz CT molecular complexity index is 304. The van der Waals surface area contributed by atoms with Crippen LogP contribution in [0.15, 0.2) is 24.3 Å². The molecule has 84 valence electrons. The van der Waals surface area contributed by atoms with Gasteiger partial charge in [-0.15, -0.1) is 0 Å². The van der Waals surface area contributed by atoms with E-state index in [1.807, 2.05) is 6.92 Å². The highest BCUT2D eigenvalue weighted by Crippen LogP contribution is 2.22. The van der Waals surface area contributed by atoms with Crippen LogP contribution in [-0.4, -0.2) is 13.2 Å². The van der Waals surface area contributed by atoms with Crippen LogP contribution in [0.4, 0.5) is 8.78 Å².